The molecule has 0 spiro atoms. The summed E-state index contributed by atoms with van der Waals surface area (Å²) in [4.78, 5) is 14.1. The summed E-state index contributed by atoms with van der Waals surface area (Å²) in [6, 6.07) is 7.33. The highest BCUT2D eigenvalue weighted by atomic mass is 16.5. The number of unbranched alkanes of at least 4 members (excludes halogenated alkanes) is 1. The van der Waals surface area contributed by atoms with Crippen molar-refractivity contribution in [3.05, 3.63) is 29.8 Å². The van der Waals surface area contributed by atoms with Gasteiger partial charge in [0.15, 0.2) is 0 Å². The van der Waals surface area contributed by atoms with Gasteiger partial charge in [0.25, 0.3) is 5.91 Å². The van der Waals surface area contributed by atoms with Crippen LogP contribution in [0.1, 0.15) is 43.0 Å². The zero-order valence-electron chi connectivity index (χ0n) is 12.0. The molecule has 0 radical (unpaired) electrons. The SMILES string of the molecule is CCCCOc1ccc(C(=O)N2CCC(O)CC2)cc1. The number of ether oxygens (including phenoxy) is 1. The van der Waals surface area contributed by atoms with Gasteiger partial charge in [-0.1, -0.05) is 13.3 Å². The van der Waals surface area contributed by atoms with Crippen molar-refractivity contribution in [1.82, 2.24) is 4.90 Å². The van der Waals surface area contributed by atoms with Crippen LogP contribution in [0.5, 0.6) is 5.75 Å². The standard InChI is InChI=1S/C16H23NO3/c1-2-3-12-20-15-6-4-13(5-7-15)16(19)17-10-8-14(18)9-11-17/h4-7,14,18H,2-3,8-12H2,1H3. The third kappa shape index (κ3) is 3.97. The van der Waals surface area contributed by atoms with Gasteiger partial charge in [-0.25, -0.2) is 0 Å². The van der Waals surface area contributed by atoms with Crippen LogP contribution < -0.4 is 4.74 Å². The van der Waals surface area contributed by atoms with Crippen LogP contribution in [-0.2, 0) is 0 Å². The van der Waals surface area contributed by atoms with Crippen LogP contribution in [0.4, 0.5) is 0 Å². The Morgan fingerprint density at radius 2 is 1.95 bits per heavy atom. The fourth-order valence-electron chi connectivity index (χ4n) is 2.28. The Bertz CT molecular complexity index is 422. The maximum absolute atomic E-state index is 12.3. The number of carbonyl (C=O) groups excluding carboxylic acids is 1. The molecule has 0 aromatic heterocycles. The highest BCUT2D eigenvalue weighted by Gasteiger charge is 2.22. The molecule has 1 aliphatic heterocycles. The summed E-state index contributed by atoms with van der Waals surface area (Å²) in [5, 5.41) is 9.46. The average Bonchev–Trinajstić information content (AvgIpc) is 2.48. The van der Waals surface area contributed by atoms with Gasteiger partial charge in [-0.15, -0.1) is 0 Å². The molecule has 2 rings (SSSR count). The molecule has 1 fully saturated rings. The molecule has 0 atom stereocenters. The predicted octanol–water partition coefficient (Wildman–Crippen LogP) is 2.46. The van der Waals surface area contributed by atoms with Gasteiger partial charge >= 0.3 is 0 Å². The zero-order valence-corrected chi connectivity index (χ0v) is 12.0. The monoisotopic (exact) mass is 277 g/mol. The van der Waals surface area contributed by atoms with Gasteiger partial charge in [0.05, 0.1) is 12.7 Å². The number of benzene rings is 1. The lowest BCUT2D eigenvalue weighted by atomic mass is 10.1. The van der Waals surface area contributed by atoms with Crippen LogP contribution in [0, 0.1) is 0 Å². The predicted molar refractivity (Wildman–Crippen MR) is 78.0 cm³/mol. The summed E-state index contributed by atoms with van der Waals surface area (Å²) in [6.07, 6.45) is 3.23. The maximum Gasteiger partial charge on any atom is 0.253 e. The number of hydrogen-bond donors (Lipinski definition) is 1. The minimum Gasteiger partial charge on any atom is -0.494 e. The minimum absolute atomic E-state index is 0.0389. The van der Waals surface area contributed by atoms with Gasteiger partial charge in [0.1, 0.15) is 5.75 Å². The van der Waals surface area contributed by atoms with E-state index < -0.39 is 0 Å². The fraction of sp³-hybridized carbons (Fsp3) is 0.562. The Morgan fingerprint density at radius 1 is 1.30 bits per heavy atom. The molecule has 0 aliphatic carbocycles. The number of piperidine rings is 1. The lowest BCUT2D eigenvalue weighted by Gasteiger charge is -2.29. The first-order valence-corrected chi connectivity index (χ1v) is 7.41. The van der Waals surface area contributed by atoms with Gasteiger partial charge in [-0.3, -0.25) is 4.79 Å². The van der Waals surface area contributed by atoms with E-state index in [9.17, 15) is 9.90 Å². The van der Waals surface area contributed by atoms with Crippen molar-refractivity contribution in [2.24, 2.45) is 0 Å². The largest absolute Gasteiger partial charge is 0.494 e. The van der Waals surface area contributed by atoms with E-state index in [0.29, 0.717) is 38.1 Å². The molecule has 1 saturated heterocycles. The minimum atomic E-state index is -0.256. The Balaban J connectivity index is 1.90. The van der Waals surface area contributed by atoms with Crippen molar-refractivity contribution in [3.8, 4) is 5.75 Å². The lowest BCUT2D eigenvalue weighted by Crippen LogP contribution is -2.40. The molecule has 20 heavy (non-hydrogen) atoms. The lowest BCUT2D eigenvalue weighted by molar-refractivity contribution is 0.0546. The number of aliphatic hydroxyl groups is 1. The number of amides is 1. The number of aliphatic hydroxyl groups excluding tert-OH is 1. The van der Waals surface area contributed by atoms with Crippen molar-refractivity contribution in [2.75, 3.05) is 19.7 Å². The summed E-state index contributed by atoms with van der Waals surface area (Å²) in [5.41, 5.74) is 0.684. The molecule has 4 nitrogen and oxygen atoms in total. The quantitative estimate of drug-likeness (QED) is 0.841. The highest BCUT2D eigenvalue weighted by Crippen LogP contribution is 2.17. The summed E-state index contributed by atoms with van der Waals surface area (Å²) in [5.74, 6) is 0.848. The second-order valence-electron chi connectivity index (χ2n) is 5.25. The third-order valence-corrected chi connectivity index (χ3v) is 3.62. The van der Waals surface area contributed by atoms with Crippen LogP contribution in [0.2, 0.25) is 0 Å². The van der Waals surface area contributed by atoms with Gasteiger partial charge in [0.2, 0.25) is 0 Å². The van der Waals surface area contributed by atoms with Crippen molar-refractivity contribution in [2.45, 2.75) is 38.7 Å². The molecule has 4 heteroatoms. The smallest absolute Gasteiger partial charge is 0.253 e. The topological polar surface area (TPSA) is 49.8 Å². The number of carbonyl (C=O) groups is 1. The molecule has 110 valence electrons. The summed E-state index contributed by atoms with van der Waals surface area (Å²) in [6.45, 7) is 4.11. The number of nitrogens with zero attached hydrogens (tertiary/aromatic N) is 1. The molecule has 1 aliphatic rings. The molecule has 1 amide bonds. The number of rotatable bonds is 5. The van der Waals surface area contributed by atoms with E-state index in [1.807, 2.05) is 24.3 Å². The van der Waals surface area contributed by atoms with Crippen molar-refractivity contribution >= 4 is 5.91 Å². The van der Waals surface area contributed by atoms with Crippen LogP contribution in [-0.4, -0.2) is 41.7 Å². The molecular weight excluding hydrogens is 254 g/mol. The van der Waals surface area contributed by atoms with Crippen LogP contribution in [0.15, 0.2) is 24.3 Å². The van der Waals surface area contributed by atoms with Gasteiger partial charge in [0, 0.05) is 18.7 Å². The van der Waals surface area contributed by atoms with E-state index >= 15 is 0 Å². The molecule has 1 aromatic rings. The molecule has 1 aromatic carbocycles. The summed E-state index contributed by atoms with van der Waals surface area (Å²) in [7, 11) is 0. The van der Waals surface area contributed by atoms with Gasteiger partial charge < -0.3 is 14.7 Å². The molecular formula is C16H23NO3. The van der Waals surface area contributed by atoms with E-state index in [0.717, 1.165) is 18.6 Å². The summed E-state index contributed by atoms with van der Waals surface area (Å²) < 4.78 is 5.58. The van der Waals surface area contributed by atoms with Crippen molar-refractivity contribution < 1.29 is 14.6 Å². The van der Waals surface area contributed by atoms with E-state index in [1.165, 1.54) is 0 Å². The van der Waals surface area contributed by atoms with Crippen LogP contribution in [0.3, 0.4) is 0 Å². The first-order chi connectivity index (χ1) is 9.70. The number of hydrogen-bond acceptors (Lipinski definition) is 3. The molecule has 0 bridgehead atoms. The summed E-state index contributed by atoms with van der Waals surface area (Å²) >= 11 is 0. The van der Waals surface area contributed by atoms with Crippen molar-refractivity contribution in [3.63, 3.8) is 0 Å². The normalized spacial score (nSPS) is 16.2. The Labute approximate surface area is 120 Å². The fourth-order valence-corrected chi connectivity index (χ4v) is 2.28. The maximum atomic E-state index is 12.3. The molecule has 0 saturated carbocycles. The number of likely N-dealkylation sites (tertiary alicyclic amines) is 1. The zero-order chi connectivity index (χ0) is 14.4. The molecule has 1 heterocycles. The van der Waals surface area contributed by atoms with Gasteiger partial charge in [-0.2, -0.15) is 0 Å². The van der Waals surface area contributed by atoms with Crippen LogP contribution >= 0.6 is 0 Å². The Hall–Kier alpha value is -1.55. The van der Waals surface area contributed by atoms with E-state index in [2.05, 4.69) is 6.92 Å². The van der Waals surface area contributed by atoms with E-state index in [4.69, 9.17) is 4.74 Å². The van der Waals surface area contributed by atoms with Crippen molar-refractivity contribution in [1.29, 1.82) is 0 Å². The van der Waals surface area contributed by atoms with Gasteiger partial charge in [-0.05, 0) is 43.5 Å². The second-order valence-corrected chi connectivity index (χ2v) is 5.25. The first-order valence-electron chi connectivity index (χ1n) is 7.41. The third-order valence-electron chi connectivity index (χ3n) is 3.62. The second kappa shape index (κ2) is 7.29. The first kappa shape index (κ1) is 14.9. The van der Waals surface area contributed by atoms with E-state index in [-0.39, 0.29) is 12.0 Å². The molecule has 0 unspecified atom stereocenters. The highest BCUT2D eigenvalue weighted by molar-refractivity contribution is 5.94. The van der Waals surface area contributed by atoms with Crippen LogP contribution in [0.25, 0.3) is 0 Å². The Kier molecular flexibility index (Phi) is 5.41. The molecule has 1 N–H and O–H groups in total. The Morgan fingerprint density at radius 3 is 2.55 bits per heavy atom. The average molecular weight is 277 g/mol. The van der Waals surface area contributed by atoms with E-state index in [1.54, 1.807) is 4.90 Å².